The van der Waals surface area contributed by atoms with Crippen LogP contribution in [0.25, 0.3) is 0 Å². The minimum Gasteiger partial charge on any atom is -0.357 e. The minimum absolute atomic E-state index is 0.0961. The number of nitrogens with zero attached hydrogens (tertiary/aromatic N) is 2. The first kappa shape index (κ1) is 16.2. The highest BCUT2D eigenvalue weighted by atomic mass is 16.1. The Hall–Kier alpha value is -1.62. The van der Waals surface area contributed by atoms with Crippen molar-refractivity contribution in [3.05, 3.63) is 18.3 Å². The maximum Gasteiger partial charge on any atom is 0.224 e. The topological polar surface area (TPSA) is 57.3 Å². The van der Waals surface area contributed by atoms with Crippen molar-refractivity contribution in [3.63, 3.8) is 0 Å². The number of hydrogen-bond acceptors (Lipinski definition) is 4. The fourth-order valence-electron chi connectivity index (χ4n) is 3.63. The SMILES string of the molecule is CC(CC(=O)Nc1ccc(N2CCCC2)nc1)C1CCCNC1. The van der Waals surface area contributed by atoms with Gasteiger partial charge in [-0.15, -0.1) is 0 Å². The molecule has 1 aromatic heterocycles. The van der Waals surface area contributed by atoms with E-state index in [0.29, 0.717) is 18.3 Å². The van der Waals surface area contributed by atoms with Crippen molar-refractivity contribution in [2.24, 2.45) is 11.8 Å². The van der Waals surface area contributed by atoms with E-state index in [0.717, 1.165) is 37.7 Å². The van der Waals surface area contributed by atoms with E-state index < -0.39 is 0 Å². The molecule has 2 N–H and O–H groups in total. The van der Waals surface area contributed by atoms with Crippen LogP contribution >= 0.6 is 0 Å². The molecule has 1 aromatic rings. The lowest BCUT2D eigenvalue weighted by molar-refractivity contribution is -0.117. The molecule has 3 rings (SSSR count). The van der Waals surface area contributed by atoms with Crippen molar-refractivity contribution in [2.75, 3.05) is 36.4 Å². The van der Waals surface area contributed by atoms with Gasteiger partial charge in [-0.2, -0.15) is 0 Å². The highest BCUT2D eigenvalue weighted by Crippen LogP contribution is 2.23. The number of hydrogen-bond donors (Lipinski definition) is 2. The fourth-order valence-corrected chi connectivity index (χ4v) is 3.63. The molecule has 0 aromatic carbocycles. The summed E-state index contributed by atoms with van der Waals surface area (Å²) in [5.41, 5.74) is 0.798. The molecule has 0 bridgehead atoms. The first-order chi connectivity index (χ1) is 11.2. The highest BCUT2D eigenvalue weighted by Gasteiger charge is 2.22. The molecule has 1 amide bonds. The van der Waals surface area contributed by atoms with Gasteiger partial charge in [0.25, 0.3) is 0 Å². The van der Waals surface area contributed by atoms with Crippen LogP contribution in [0.4, 0.5) is 11.5 Å². The summed E-state index contributed by atoms with van der Waals surface area (Å²) < 4.78 is 0. The number of carbonyl (C=O) groups is 1. The molecule has 2 unspecified atom stereocenters. The van der Waals surface area contributed by atoms with Gasteiger partial charge in [-0.3, -0.25) is 4.79 Å². The molecule has 23 heavy (non-hydrogen) atoms. The average molecular weight is 316 g/mol. The molecule has 0 radical (unpaired) electrons. The van der Waals surface area contributed by atoms with Gasteiger partial charge in [0.1, 0.15) is 5.82 Å². The summed E-state index contributed by atoms with van der Waals surface area (Å²) in [6.07, 6.45) is 7.30. The molecule has 2 aliphatic rings. The first-order valence-corrected chi connectivity index (χ1v) is 8.94. The summed E-state index contributed by atoms with van der Waals surface area (Å²) >= 11 is 0. The van der Waals surface area contributed by atoms with Gasteiger partial charge in [0.05, 0.1) is 11.9 Å². The Morgan fingerprint density at radius 1 is 1.39 bits per heavy atom. The van der Waals surface area contributed by atoms with Gasteiger partial charge in [0, 0.05) is 19.5 Å². The molecule has 2 aliphatic heterocycles. The van der Waals surface area contributed by atoms with Crippen molar-refractivity contribution >= 4 is 17.4 Å². The van der Waals surface area contributed by atoms with Crippen LogP contribution < -0.4 is 15.5 Å². The Labute approximate surface area is 138 Å². The number of piperidine rings is 1. The third kappa shape index (κ3) is 4.44. The van der Waals surface area contributed by atoms with Crippen LogP contribution in [0.3, 0.4) is 0 Å². The van der Waals surface area contributed by atoms with Crippen molar-refractivity contribution in [3.8, 4) is 0 Å². The van der Waals surface area contributed by atoms with E-state index in [1.807, 2.05) is 12.1 Å². The molecule has 2 fully saturated rings. The normalized spacial score (nSPS) is 22.8. The summed E-state index contributed by atoms with van der Waals surface area (Å²) in [7, 11) is 0. The second-order valence-corrected chi connectivity index (χ2v) is 6.94. The Bertz CT molecular complexity index is 504. The van der Waals surface area contributed by atoms with Crippen LogP contribution in [-0.4, -0.2) is 37.1 Å². The van der Waals surface area contributed by atoms with E-state index in [-0.39, 0.29) is 5.91 Å². The van der Waals surface area contributed by atoms with Gasteiger partial charge in [0.15, 0.2) is 0 Å². The van der Waals surface area contributed by atoms with Crippen molar-refractivity contribution < 1.29 is 4.79 Å². The molecular weight excluding hydrogens is 288 g/mol. The summed E-state index contributed by atoms with van der Waals surface area (Å²) in [6, 6.07) is 3.97. The van der Waals surface area contributed by atoms with Crippen molar-refractivity contribution in [1.82, 2.24) is 10.3 Å². The lowest BCUT2D eigenvalue weighted by Crippen LogP contribution is -2.34. The maximum absolute atomic E-state index is 12.2. The molecule has 2 saturated heterocycles. The monoisotopic (exact) mass is 316 g/mol. The summed E-state index contributed by atoms with van der Waals surface area (Å²) in [5.74, 6) is 2.14. The van der Waals surface area contributed by atoms with Gasteiger partial charge >= 0.3 is 0 Å². The van der Waals surface area contributed by atoms with Crippen molar-refractivity contribution in [1.29, 1.82) is 0 Å². The molecule has 0 aliphatic carbocycles. The zero-order valence-corrected chi connectivity index (χ0v) is 14.1. The van der Waals surface area contributed by atoms with E-state index >= 15 is 0 Å². The number of amides is 1. The van der Waals surface area contributed by atoms with E-state index in [1.54, 1.807) is 6.20 Å². The zero-order valence-electron chi connectivity index (χ0n) is 14.1. The predicted molar refractivity (Wildman–Crippen MR) is 93.7 cm³/mol. The van der Waals surface area contributed by atoms with Gasteiger partial charge in [-0.05, 0) is 62.7 Å². The Morgan fingerprint density at radius 2 is 2.22 bits per heavy atom. The maximum atomic E-state index is 12.2. The molecule has 0 spiro atoms. The van der Waals surface area contributed by atoms with Crippen LogP contribution in [0.15, 0.2) is 18.3 Å². The molecule has 3 heterocycles. The highest BCUT2D eigenvalue weighted by molar-refractivity contribution is 5.90. The number of aromatic nitrogens is 1. The Balaban J connectivity index is 1.49. The molecule has 2 atom stereocenters. The second-order valence-electron chi connectivity index (χ2n) is 6.94. The zero-order chi connectivity index (χ0) is 16.1. The van der Waals surface area contributed by atoms with Gasteiger partial charge in [-0.25, -0.2) is 4.98 Å². The lowest BCUT2D eigenvalue weighted by atomic mass is 9.85. The van der Waals surface area contributed by atoms with E-state index in [9.17, 15) is 4.79 Å². The van der Waals surface area contributed by atoms with Crippen LogP contribution in [-0.2, 0) is 4.79 Å². The van der Waals surface area contributed by atoms with E-state index in [4.69, 9.17) is 0 Å². The van der Waals surface area contributed by atoms with Crippen LogP contribution in [0, 0.1) is 11.8 Å². The number of pyridine rings is 1. The molecule has 5 heteroatoms. The smallest absolute Gasteiger partial charge is 0.224 e. The standard InChI is InChI=1S/C18H28N4O/c1-14(15-5-4-8-19-12-15)11-18(23)21-16-6-7-17(20-13-16)22-9-2-3-10-22/h6-7,13-15,19H,2-5,8-12H2,1H3,(H,21,23). The molecule has 5 nitrogen and oxygen atoms in total. The predicted octanol–water partition coefficient (Wildman–Crippen LogP) is 2.65. The molecular formula is C18H28N4O. The third-order valence-electron chi connectivity index (χ3n) is 5.11. The Kier molecular flexibility index (Phi) is 5.49. The van der Waals surface area contributed by atoms with Gasteiger partial charge in [-0.1, -0.05) is 6.92 Å². The molecule has 0 saturated carbocycles. The molecule has 126 valence electrons. The average Bonchev–Trinajstić information content (AvgIpc) is 3.11. The first-order valence-electron chi connectivity index (χ1n) is 8.94. The second kappa shape index (κ2) is 7.77. The van der Waals surface area contributed by atoms with Crippen LogP contribution in [0.2, 0.25) is 0 Å². The van der Waals surface area contributed by atoms with E-state index in [1.165, 1.54) is 25.7 Å². The minimum atomic E-state index is 0.0961. The van der Waals surface area contributed by atoms with Gasteiger partial charge < -0.3 is 15.5 Å². The number of rotatable bonds is 5. The van der Waals surface area contributed by atoms with Crippen LogP contribution in [0.1, 0.15) is 39.0 Å². The summed E-state index contributed by atoms with van der Waals surface area (Å²) in [4.78, 5) is 19.0. The fraction of sp³-hybridized carbons (Fsp3) is 0.667. The summed E-state index contributed by atoms with van der Waals surface area (Å²) in [5, 5.41) is 6.41. The third-order valence-corrected chi connectivity index (χ3v) is 5.11. The van der Waals surface area contributed by atoms with Gasteiger partial charge in [0.2, 0.25) is 5.91 Å². The number of nitrogens with one attached hydrogen (secondary N) is 2. The Morgan fingerprint density at radius 3 is 2.87 bits per heavy atom. The lowest BCUT2D eigenvalue weighted by Gasteiger charge is -2.28. The quantitative estimate of drug-likeness (QED) is 0.877. The van der Waals surface area contributed by atoms with Crippen LogP contribution in [0.5, 0.6) is 0 Å². The summed E-state index contributed by atoms with van der Waals surface area (Å²) in [6.45, 7) is 6.52. The van der Waals surface area contributed by atoms with Crippen molar-refractivity contribution in [2.45, 2.75) is 39.0 Å². The number of carbonyl (C=O) groups excluding carboxylic acids is 1. The van der Waals surface area contributed by atoms with E-state index in [2.05, 4.69) is 27.4 Å². The largest absolute Gasteiger partial charge is 0.357 e. The number of anilines is 2.